The van der Waals surface area contributed by atoms with Crippen molar-refractivity contribution in [2.24, 2.45) is 14.1 Å². The van der Waals surface area contributed by atoms with Crippen LogP contribution in [0, 0.1) is 0 Å². The first-order valence-electron chi connectivity index (χ1n) is 11.8. The van der Waals surface area contributed by atoms with Crippen LogP contribution in [0.5, 0.6) is 5.75 Å². The number of rotatable bonds is 3. The van der Waals surface area contributed by atoms with Gasteiger partial charge in [-0.25, -0.2) is 9.59 Å². The minimum Gasteiger partial charge on any atom is -0.423 e. The van der Waals surface area contributed by atoms with Gasteiger partial charge in [0, 0.05) is 41.7 Å². The van der Waals surface area contributed by atoms with Gasteiger partial charge in [-0.1, -0.05) is 48.0 Å². The highest BCUT2D eigenvalue weighted by Gasteiger charge is 2.42. The van der Waals surface area contributed by atoms with E-state index in [-0.39, 0.29) is 5.78 Å². The molecular weight excluding hydrogens is 506 g/mol. The average molecular weight is 526 g/mol. The first kappa shape index (κ1) is 23.7. The van der Waals surface area contributed by atoms with Crippen molar-refractivity contribution in [1.29, 1.82) is 0 Å². The number of nitrogens with one attached hydrogen (secondary N) is 1. The van der Waals surface area contributed by atoms with Gasteiger partial charge in [0.1, 0.15) is 11.6 Å². The Hall–Kier alpha value is -4.69. The van der Waals surface area contributed by atoms with Gasteiger partial charge in [-0.05, 0) is 42.0 Å². The van der Waals surface area contributed by atoms with E-state index >= 15 is 0 Å². The van der Waals surface area contributed by atoms with Crippen LogP contribution in [0.25, 0.3) is 5.70 Å². The third kappa shape index (κ3) is 3.53. The van der Waals surface area contributed by atoms with Gasteiger partial charge in [-0.15, -0.1) is 0 Å². The lowest BCUT2D eigenvalue weighted by Gasteiger charge is -2.29. The zero-order valence-electron chi connectivity index (χ0n) is 20.3. The first-order valence-corrected chi connectivity index (χ1v) is 12.2. The van der Waals surface area contributed by atoms with Crippen LogP contribution in [0.2, 0.25) is 5.02 Å². The number of esters is 1. The second kappa shape index (κ2) is 8.71. The van der Waals surface area contributed by atoms with Crippen molar-refractivity contribution in [1.82, 2.24) is 9.13 Å². The van der Waals surface area contributed by atoms with E-state index in [1.54, 1.807) is 67.7 Å². The molecule has 8 nitrogen and oxygen atoms in total. The second-order valence-electron chi connectivity index (χ2n) is 9.15. The zero-order chi connectivity index (χ0) is 26.7. The first-order chi connectivity index (χ1) is 18.3. The molecule has 1 aliphatic carbocycles. The predicted octanol–water partition coefficient (Wildman–Crippen LogP) is 4.12. The van der Waals surface area contributed by atoms with Gasteiger partial charge >= 0.3 is 11.7 Å². The summed E-state index contributed by atoms with van der Waals surface area (Å²) >= 11 is 5.89. The Kier molecular flexibility index (Phi) is 5.43. The van der Waals surface area contributed by atoms with Gasteiger partial charge in [-0.2, -0.15) is 0 Å². The lowest BCUT2D eigenvalue weighted by atomic mass is 9.81. The van der Waals surface area contributed by atoms with E-state index in [0.29, 0.717) is 55.7 Å². The molecule has 0 radical (unpaired) electrons. The quantitative estimate of drug-likeness (QED) is 0.319. The van der Waals surface area contributed by atoms with Crippen molar-refractivity contribution >= 4 is 34.9 Å². The fourth-order valence-electron chi connectivity index (χ4n) is 5.07. The van der Waals surface area contributed by atoms with Gasteiger partial charge in [0.25, 0.3) is 5.56 Å². The van der Waals surface area contributed by atoms with Crippen LogP contribution in [-0.4, -0.2) is 20.9 Å². The summed E-state index contributed by atoms with van der Waals surface area (Å²) in [5, 5.41) is 3.72. The molecule has 1 atom stereocenters. The van der Waals surface area contributed by atoms with Crippen molar-refractivity contribution in [2.75, 3.05) is 5.32 Å². The van der Waals surface area contributed by atoms with Crippen LogP contribution in [0.1, 0.15) is 43.3 Å². The van der Waals surface area contributed by atoms with Crippen LogP contribution in [0.3, 0.4) is 0 Å². The van der Waals surface area contributed by atoms with E-state index < -0.39 is 23.1 Å². The van der Waals surface area contributed by atoms with Gasteiger partial charge in [0.15, 0.2) is 5.78 Å². The minimum absolute atomic E-state index is 0.187. The highest BCUT2D eigenvalue weighted by atomic mass is 35.5. The molecule has 0 saturated carbocycles. The maximum absolute atomic E-state index is 13.6. The van der Waals surface area contributed by atoms with E-state index in [1.165, 1.54) is 11.6 Å². The fraction of sp³-hybridized carbons (Fsp3) is 0.103. The largest absolute Gasteiger partial charge is 0.423 e. The SMILES string of the molecule is Cn1c2c(c(=O)n(C)c1=O)[C@@H](c1ccc(OC(=O)c3ccc(Cl)cc3)cc1)C1=C(N2)c2ccccc2C1=O. The number of nitrogens with zero attached hydrogens (tertiary/aromatic N) is 2. The molecule has 188 valence electrons. The van der Waals surface area contributed by atoms with Crippen molar-refractivity contribution in [3.05, 3.63) is 132 Å². The average Bonchev–Trinajstić information content (AvgIpc) is 3.22. The Labute approximate surface area is 221 Å². The number of fused-ring (bicyclic) bond motifs is 3. The fourth-order valence-corrected chi connectivity index (χ4v) is 5.20. The Balaban J connectivity index is 1.46. The molecule has 1 aromatic heterocycles. The van der Waals surface area contributed by atoms with E-state index in [2.05, 4.69) is 5.32 Å². The Bertz CT molecular complexity index is 1820. The molecule has 9 heteroatoms. The number of ether oxygens (including phenoxy) is 1. The van der Waals surface area contributed by atoms with E-state index in [0.717, 1.165) is 4.57 Å². The smallest absolute Gasteiger partial charge is 0.343 e. The summed E-state index contributed by atoms with van der Waals surface area (Å²) in [7, 11) is 2.99. The number of hydrogen-bond donors (Lipinski definition) is 1. The molecule has 0 fully saturated rings. The number of Topliss-reactive ketones (excluding diaryl/α,β-unsaturated/α-hetero) is 1. The maximum Gasteiger partial charge on any atom is 0.343 e. The normalized spacial score (nSPS) is 15.4. The molecule has 4 aromatic rings. The van der Waals surface area contributed by atoms with Gasteiger partial charge < -0.3 is 10.1 Å². The van der Waals surface area contributed by atoms with Crippen LogP contribution < -0.4 is 21.3 Å². The number of ketones is 1. The third-order valence-corrected chi connectivity index (χ3v) is 7.23. The number of carbonyl (C=O) groups is 2. The summed E-state index contributed by atoms with van der Waals surface area (Å²) in [4.78, 5) is 52.3. The molecule has 0 unspecified atom stereocenters. The molecule has 3 aromatic carbocycles. The molecule has 0 amide bonds. The van der Waals surface area contributed by atoms with Crippen molar-refractivity contribution in [2.45, 2.75) is 5.92 Å². The van der Waals surface area contributed by atoms with Crippen LogP contribution in [0.4, 0.5) is 5.82 Å². The standard InChI is InChI=1S/C29H20ClN3O5/c1-32-26-23(27(35)33(2)29(32)37)21(22-24(31-26)19-5-3-4-6-20(19)25(22)34)15-9-13-18(14-10-15)38-28(36)16-7-11-17(30)12-8-16/h3-14,21,31H,1-2H3/t21-/m0/s1. The molecule has 2 aliphatic rings. The molecule has 0 saturated heterocycles. The van der Waals surface area contributed by atoms with Crippen LogP contribution in [-0.2, 0) is 14.1 Å². The molecular formula is C29H20ClN3O5. The number of benzene rings is 3. The summed E-state index contributed by atoms with van der Waals surface area (Å²) in [6.45, 7) is 0. The van der Waals surface area contributed by atoms with Crippen molar-refractivity contribution in [3.8, 4) is 5.75 Å². The number of aromatic nitrogens is 2. The third-order valence-electron chi connectivity index (χ3n) is 6.98. The number of halogens is 1. The summed E-state index contributed by atoms with van der Waals surface area (Å²) in [6, 6.07) is 20.2. The lowest BCUT2D eigenvalue weighted by molar-refractivity contribution is 0.0734. The monoisotopic (exact) mass is 525 g/mol. The Morgan fingerprint density at radius 2 is 1.53 bits per heavy atom. The van der Waals surface area contributed by atoms with Crippen molar-refractivity contribution < 1.29 is 14.3 Å². The van der Waals surface area contributed by atoms with E-state index in [9.17, 15) is 19.2 Å². The number of hydrogen-bond acceptors (Lipinski definition) is 6. The molecule has 0 bridgehead atoms. The van der Waals surface area contributed by atoms with Gasteiger partial charge in [0.2, 0.25) is 0 Å². The van der Waals surface area contributed by atoms with Gasteiger partial charge in [-0.3, -0.25) is 18.7 Å². The summed E-state index contributed by atoms with van der Waals surface area (Å²) < 4.78 is 7.92. The maximum atomic E-state index is 13.6. The number of anilines is 1. The Morgan fingerprint density at radius 3 is 2.21 bits per heavy atom. The topological polar surface area (TPSA) is 99.4 Å². The molecule has 0 spiro atoms. The summed E-state index contributed by atoms with van der Waals surface area (Å²) in [5.41, 5.74) is 2.55. The van der Waals surface area contributed by atoms with Crippen LogP contribution in [0.15, 0.2) is 88.0 Å². The predicted molar refractivity (Wildman–Crippen MR) is 143 cm³/mol. The van der Waals surface area contributed by atoms with Crippen LogP contribution >= 0.6 is 11.6 Å². The van der Waals surface area contributed by atoms with Gasteiger partial charge in [0.05, 0.1) is 16.8 Å². The highest BCUT2D eigenvalue weighted by Crippen LogP contribution is 2.47. The highest BCUT2D eigenvalue weighted by molar-refractivity contribution is 6.30. The summed E-state index contributed by atoms with van der Waals surface area (Å²) in [5.74, 6) is -0.839. The molecule has 2 heterocycles. The van der Waals surface area contributed by atoms with Crippen molar-refractivity contribution in [3.63, 3.8) is 0 Å². The minimum atomic E-state index is -0.743. The number of carbonyl (C=O) groups excluding carboxylic acids is 2. The molecule has 1 N–H and O–H groups in total. The molecule has 38 heavy (non-hydrogen) atoms. The molecule has 6 rings (SSSR count). The van der Waals surface area contributed by atoms with E-state index in [1.807, 2.05) is 12.1 Å². The summed E-state index contributed by atoms with van der Waals surface area (Å²) in [6.07, 6.45) is 0. The van der Waals surface area contributed by atoms with E-state index in [4.69, 9.17) is 16.3 Å². The lowest BCUT2D eigenvalue weighted by Crippen LogP contribution is -2.42. The zero-order valence-corrected chi connectivity index (χ0v) is 21.1. The molecule has 1 aliphatic heterocycles. The number of allylic oxidation sites excluding steroid dienone is 1. The second-order valence-corrected chi connectivity index (χ2v) is 9.59. The Morgan fingerprint density at radius 1 is 0.868 bits per heavy atom.